The molecule has 1 aliphatic rings. The van der Waals surface area contributed by atoms with Crippen molar-refractivity contribution in [2.24, 2.45) is 0 Å². The van der Waals surface area contributed by atoms with Crippen LogP contribution >= 0.6 is 0 Å². The second-order valence-corrected chi connectivity index (χ2v) is 7.64. The van der Waals surface area contributed by atoms with Gasteiger partial charge in [-0.05, 0) is 41.1 Å². The fourth-order valence-electron chi connectivity index (χ4n) is 3.93. The molecule has 1 heterocycles. The first kappa shape index (κ1) is 20.9. The lowest BCUT2D eigenvalue weighted by Gasteiger charge is -2.35. The Labute approximate surface area is 182 Å². The highest BCUT2D eigenvalue weighted by atomic mass is 16.5. The van der Waals surface area contributed by atoms with Crippen LogP contribution in [0.4, 0.5) is 0 Å². The fraction of sp³-hybridized carbons (Fsp3) is 0.280. The van der Waals surface area contributed by atoms with Gasteiger partial charge in [-0.25, -0.2) is 0 Å². The third-order valence-corrected chi connectivity index (χ3v) is 5.75. The van der Waals surface area contributed by atoms with Gasteiger partial charge in [0.15, 0.2) is 0 Å². The van der Waals surface area contributed by atoms with Crippen molar-refractivity contribution in [2.45, 2.75) is 0 Å². The predicted octanol–water partition coefficient (Wildman–Crippen LogP) is 3.04. The van der Waals surface area contributed by atoms with Gasteiger partial charge in [0.25, 0.3) is 11.8 Å². The molecule has 0 unspecified atom stereocenters. The molecule has 0 radical (unpaired) electrons. The number of ether oxygens (including phenoxy) is 1. The molecule has 0 bridgehead atoms. The van der Waals surface area contributed by atoms with Crippen LogP contribution in [0, 0.1) is 0 Å². The number of carbonyl (C=O) groups is 2. The van der Waals surface area contributed by atoms with Gasteiger partial charge in [0.1, 0.15) is 5.75 Å². The predicted molar refractivity (Wildman–Crippen MR) is 122 cm³/mol. The summed E-state index contributed by atoms with van der Waals surface area (Å²) in [6.45, 7) is 4.31. The molecule has 0 spiro atoms. The standard InChI is InChI=1S/C25H27N3O3/c1-31-21-11-9-20(10-12-21)24(29)26-13-14-27-15-17-28(18-16-27)25(30)23-8-4-6-19-5-2-3-7-22(19)23/h2-12H,13-18H2,1H3,(H,26,29). The molecule has 1 aliphatic heterocycles. The first-order valence-corrected chi connectivity index (χ1v) is 10.6. The van der Waals surface area contributed by atoms with Crippen LogP contribution in [0.5, 0.6) is 5.75 Å². The summed E-state index contributed by atoms with van der Waals surface area (Å²) in [4.78, 5) is 29.5. The Kier molecular flexibility index (Phi) is 6.48. The molecule has 3 aromatic rings. The summed E-state index contributed by atoms with van der Waals surface area (Å²) in [6.07, 6.45) is 0. The number of nitrogens with zero attached hydrogens (tertiary/aromatic N) is 2. The third-order valence-electron chi connectivity index (χ3n) is 5.75. The molecule has 31 heavy (non-hydrogen) atoms. The smallest absolute Gasteiger partial charge is 0.254 e. The molecule has 0 atom stereocenters. The Morgan fingerprint density at radius 1 is 0.903 bits per heavy atom. The van der Waals surface area contributed by atoms with Crippen molar-refractivity contribution in [3.63, 3.8) is 0 Å². The maximum atomic E-state index is 13.1. The maximum Gasteiger partial charge on any atom is 0.254 e. The average molecular weight is 418 g/mol. The van der Waals surface area contributed by atoms with E-state index in [0.717, 1.165) is 41.7 Å². The number of fused-ring (bicyclic) bond motifs is 1. The lowest BCUT2D eigenvalue weighted by molar-refractivity contribution is 0.0640. The SMILES string of the molecule is COc1ccc(C(=O)NCCN2CCN(C(=O)c3cccc4ccccc34)CC2)cc1. The molecule has 0 aromatic heterocycles. The van der Waals surface area contributed by atoms with Gasteiger partial charge < -0.3 is 15.0 Å². The molecular formula is C25H27N3O3. The largest absolute Gasteiger partial charge is 0.497 e. The summed E-state index contributed by atoms with van der Waals surface area (Å²) in [5.74, 6) is 0.726. The number of carbonyl (C=O) groups excluding carboxylic acids is 2. The fourth-order valence-corrected chi connectivity index (χ4v) is 3.93. The zero-order chi connectivity index (χ0) is 21.6. The van der Waals surface area contributed by atoms with E-state index in [-0.39, 0.29) is 11.8 Å². The Bertz CT molecular complexity index is 1050. The number of hydrogen-bond donors (Lipinski definition) is 1. The van der Waals surface area contributed by atoms with Gasteiger partial charge in [-0.15, -0.1) is 0 Å². The molecule has 0 aliphatic carbocycles. The number of hydrogen-bond acceptors (Lipinski definition) is 4. The molecule has 1 fully saturated rings. The molecule has 1 saturated heterocycles. The van der Waals surface area contributed by atoms with E-state index < -0.39 is 0 Å². The molecule has 6 heteroatoms. The second-order valence-electron chi connectivity index (χ2n) is 7.64. The van der Waals surface area contributed by atoms with Crippen LogP contribution in [0.25, 0.3) is 10.8 Å². The molecule has 6 nitrogen and oxygen atoms in total. The molecule has 160 valence electrons. The monoisotopic (exact) mass is 417 g/mol. The molecule has 3 aromatic carbocycles. The van der Waals surface area contributed by atoms with Gasteiger partial charge in [0.2, 0.25) is 0 Å². The number of benzene rings is 3. The molecule has 1 N–H and O–H groups in total. The van der Waals surface area contributed by atoms with Crippen molar-refractivity contribution in [1.82, 2.24) is 15.1 Å². The molecular weight excluding hydrogens is 390 g/mol. The normalized spacial score (nSPS) is 14.4. The van der Waals surface area contributed by atoms with Gasteiger partial charge in [-0.1, -0.05) is 36.4 Å². The zero-order valence-electron chi connectivity index (χ0n) is 17.7. The number of methoxy groups -OCH3 is 1. The molecule has 2 amide bonds. The highest BCUT2D eigenvalue weighted by Crippen LogP contribution is 2.20. The topological polar surface area (TPSA) is 61.9 Å². The Morgan fingerprint density at radius 3 is 2.35 bits per heavy atom. The van der Waals surface area contributed by atoms with Crippen LogP contribution in [-0.4, -0.2) is 68.0 Å². The Hall–Kier alpha value is -3.38. The maximum absolute atomic E-state index is 13.1. The highest BCUT2D eigenvalue weighted by molar-refractivity contribution is 6.07. The summed E-state index contributed by atoms with van der Waals surface area (Å²) in [7, 11) is 1.60. The minimum Gasteiger partial charge on any atom is -0.497 e. The first-order valence-electron chi connectivity index (χ1n) is 10.6. The van der Waals surface area contributed by atoms with E-state index >= 15 is 0 Å². The zero-order valence-corrected chi connectivity index (χ0v) is 17.7. The van der Waals surface area contributed by atoms with E-state index in [1.54, 1.807) is 31.4 Å². The van der Waals surface area contributed by atoms with E-state index in [9.17, 15) is 9.59 Å². The summed E-state index contributed by atoms with van der Waals surface area (Å²) >= 11 is 0. The minimum absolute atomic E-state index is 0.0873. The number of amides is 2. The quantitative estimate of drug-likeness (QED) is 0.670. The lowest BCUT2D eigenvalue weighted by atomic mass is 10.0. The van der Waals surface area contributed by atoms with Crippen molar-refractivity contribution >= 4 is 22.6 Å². The van der Waals surface area contributed by atoms with Gasteiger partial charge >= 0.3 is 0 Å². The highest BCUT2D eigenvalue weighted by Gasteiger charge is 2.23. The molecule has 0 saturated carbocycles. The van der Waals surface area contributed by atoms with Crippen LogP contribution in [0.1, 0.15) is 20.7 Å². The van der Waals surface area contributed by atoms with Gasteiger partial charge in [-0.3, -0.25) is 14.5 Å². The number of nitrogens with one attached hydrogen (secondary N) is 1. The van der Waals surface area contributed by atoms with Gasteiger partial charge in [-0.2, -0.15) is 0 Å². The average Bonchev–Trinajstić information content (AvgIpc) is 2.83. The van der Waals surface area contributed by atoms with Crippen LogP contribution in [0.2, 0.25) is 0 Å². The Morgan fingerprint density at radius 2 is 1.61 bits per heavy atom. The van der Waals surface area contributed by atoms with Crippen molar-refractivity contribution in [3.05, 3.63) is 77.9 Å². The van der Waals surface area contributed by atoms with Crippen molar-refractivity contribution < 1.29 is 14.3 Å². The van der Waals surface area contributed by atoms with E-state index in [0.29, 0.717) is 25.2 Å². The van der Waals surface area contributed by atoms with Crippen LogP contribution in [0.3, 0.4) is 0 Å². The minimum atomic E-state index is -0.0903. The van der Waals surface area contributed by atoms with Crippen molar-refractivity contribution in [2.75, 3.05) is 46.4 Å². The van der Waals surface area contributed by atoms with E-state index in [4.69, 9.17) is 4.74 Å². The third kappa shape index (κ3) is 4.86. The summed E-state index contributed by atoms with van der Waals surface area (Å²) in [6, 6.07) is 20.9. The number of rotatable bonds is 6. The summed E-state index contributed by atoms with van der Waals surface area (Å²) < 4.78 is 5.12. The Balaban J connectivity index is 1.26. The number of piperazine rings is 1. The first-order chi connectivity index (χ1) is 15.2. The lowest BCUT2D eigenvalue weighted by Crippen LogP contribution is -2.50. The van der Waals surface area contributed by atoms with Crippen LogP contribution < -0.4 is 10.1 Å². The van der Waals surface area contributed by atoms with E-state index in [1.165, 1.54) is 0 Å². The molecule has 4 rings (SSSR count). The van der Waals surface area contributed by atoms with E-state index in [1.807, 2.05) is 47.4 Å². The van der Waals surface area contributed by atoms with E-state index in [2.05, 4.69) is 10.2 Å². The second kappa shape index (κ2) is 9.62. The summed E-state index contributed by atoms with van der Waals surface area (Å²) in [5, 5.41) is 5.04. The van der Waals surface area contributed by atoms with Crippen LogP contribution in [-0.2, 0) is 0 Å². The van der Waals surface area contributed by atoms with Crippen molar-refractivity contribution in [3.8, 4) is 5.75 Å². The van der Waals surface area contributed by atoms with Gasteiger partial charge in [0.05, 0.1) is 7.11 Å². The van der Waals surface area contributed by atoms with Gasteiger partial charge in [0, 0.05) is 50.4 Å². The summed E-state index contributed by atoms with van der Waals surface area (Å²) in [5.41, 5.74) is 1.38. The van der Waals surface area contributed by atoms with Crippen LogP contribution in [0.15, 0.2) is 66.7 Å². The van der Waals surface area contributed by atoms with Crippen molar-refractivity contribution in [1.29, 1.82) is 0 Å².